The molecule has 3 fully saturated rings. The van der Waals surface area contributed by atoms with E-state index in [9.17, 15) is 4.79 Å². The van der Waals surface area contributed by atoms with Crippen molar-refractivity contribution in [3.8, 4) is 0 Å². The Hall–Kier alpha value is -1.90. The molecule has 4 aliphatic carbocycles. The van der Waals surface area contributed by atoms with E-state index < -0.39 is 0 Å². The van der Waals surface area contributed by atoms with Gasteiger partial charge in [-0.25, -0.2) is 0 Å². The van der Waals surface area contributed by atoms with Crippen molar-refractivity contribution in [3.63, 3.8) is 0 Å². The fourth-order valence-electron chi connectivity index (χ4n) is 7.92. The molecular weight excluding hydrogens is 382 g/mol. The van der Waals surface area contributed by atoms with E-state index in [4.69, 9.17) is 4.74 Å². The van der Waals surface area contributed by atoms with Gasteiger partial charge in [-0.3, -0.25) is 9.78 Å². The van der Waals surface area contributed by atoms with E-state index in [0.717, 1.165) is 25.2 Å². The Morgan fingerprint density at radius 1 is 1.16 bits per heavy atom. The summed E-state index contributed by atoms with van der Waals surface area (Å²) in [5.74, 6) is 2.03. The van der Waals surface area contributed by atoms with E-state index >= 15 is 0 Å². The van der Waals surface area contributed by atoms with E-state index in [2.05, 4.69) is 50.2 Å². The van der Waals surface area contributed by atoms with Crippen molar-refractivity contribution in [3.05, 3.63) is 47.3 Å². The van der Waals surface area contributed by atoms with E-state index in [1.54, 1.807) is 12.5 Å². The zero-order chi connectivity index (χ0) is 21.8. The smallest absolute Gasteiger partial charge is 0.302 e. The quantitative estimate of drug-likeness (QED) is 0.523. The summed E-state index contributed by atoms with van der Waals surface area (Å²) in [7, 11) is 0. The molecule has 5 rings (SSSR count). The number of fused-ring (bicyclic) bond motifs is 5. The van der Waals surface area contributed by atoms with Crippen LogP contribution in [0.5, 0.6) is 0 Å². The third-order valence-corrected chi connectivity index (χ3v) is 9.57. The first-order valence-corrected chi connectivity index (χ1v) is 12.4. The fraction of sp³-hybridized carbons (Fsp3) is 0.643. The minimum Gasteiger partial charge on any atom is -0.463 e. The number of rotatable bonds is 3. The maximum Gasteiger partial charge on any atom is 0.302 e. The van der Waals surface area contributed by atoms with Crippen LogP contribution in [0.2, 0.25) is 0 Å². The number of hydrogen-bond acceptors (Lipinski definition) is 3. The van der Waals surface area contributed by atoms with Gasteiger partial charge in [0, 0.05) is 30.3 Å². The second kappa shape index (κ2) is 7.60. The van der Waals surface area contributed by atoms with Gasteiger partial charge >= 0.3 is 5.97 Å². The van der Waals surface area contributed by atoms with Crippen molar-refractivity contribution >= 4 is 11.5 Å². The summed E-state index contributed by atoms with van der Waals surface area (Å²) >= 11 is 0. The van der Waals surface area contributed by atoms with Gasteiger partial charge in [-0.15, -0.1) is 0 Å². The Balaban J connectivity index is 1.40. The lowest BCUT2D eigenvalue weighted by Crippen LogP contribution is -2.51. The Bertz CT molecular complexity index is 946. The van der Waals surface area contributed by atoms with Gasteiger partial charge in [-0.1, -0.05) is 38.5 Å². The van der Waals surface area contributed by atoms with Crippen LogP contribution >= 0.6 is 0 Å². The Morgan fingerprint density at radius 2 is 2.00 bits per heavy atom. The zero-order valence-electron chi connectivity index (χ0n) is 19.6. The summed E-state index contributed by atoms with van der Waals surface area (Å²) in [6.07, 6.45) is 18.5. The van der Waals surface area contributed by atoms with E-state index in [1.165, 1.54) is 48.8 Å². The van der Waals surface area contributed by atoms with Gasteiger partial charge in [0.15, 0.2) is 0 Å². The molecule has 31 heavy (non-hydrogen) atoms. The van der Waals surface area contributed by atoms with Crippen LogP contribution in [0.1, 0.15) is 83.8 Å². The summed E-state index contributed by atoms with van der Waals surface area (Å²) < 4.78 is 5.63. The van der Waals surface area contributed by atoms with Crippen molar-refractivity contribution in [1.82, 2.24) is 4.98 Å². The van der Waals surface area contributed by atoms with Crippen LogP contribution in [0.3, 0.4) is 0 Å². The number of pyridine rings is 1. The van der Waals surface area contributed by atoms with Crippen LogP contribution in [-0.4, -0.2) is 17.1 Å². The number of aryl methyl sites for hydroxylation is 1. The van der Waals surface area contributed by atoms with Crippen molar-refractivity contribution in [2.75, 3.05) is 0 Å². The normalized spacial score (nSPS) is 39.0. The lowest BCUT2D eigenvalue weighted by atomic mass is 9.46. The van der Waals surface area contributed by atoms with E-state index in [0.29, 0.717) is 17.3 Å². The maximum absolute atomic E-state index is 11.5. The van der Waals surface area contributed by atoms with Gasteiger partial charge in [-0.05, 0) is 91.7 Å². The van der Waals surface area contributed by atoms with E-state index in [1.807, 2.05) is 6.20 Å². The van der Waals surface area contributed by atoms with Gasteiger partial charge < -0.3 is 4.74 Å². The lowest BCUT2D eigenvalue weighted by molar-refractivity contribution is -0.154. The predicted molar refractivity (Wildman–Crippen MR) is 124 cm³/mol. The highest BCUT2D eigenvalue weighted by Crippen LogP contribution is 2.66. The first-order chi connectivity index (χ1) is 14.9. The zero-order valence-corrected chi connectivity index (χ0v) is 19.6. The summed E-state index contributed by atoms with van der Waals surface area (Å²) in [5, 5.41) is 0. The predicted octanol–water partition coefficient (Wildman–Crippen LogP) is 6.53. The second-order valence-corrected chi connectivity index (χ2v) is 11.0. The summed E-state index contributed by atoms with van der Waals surface area (Å²) in [5.41, 5.74) is 6.50. The standard InChI is InChI=1S/C28H37NO2/c1-5-19-12-15-29-17-23(19)25-9-8-24-22-7-6-20-16-21(31-18(2)30)10-13-27(20,3)26(22)11-14-28(24,25)4/h8-9,12,15,17,20-22,26H,5-7,10-11,13-14,16H2,1-4H3/t20?,21-,22-,26-,27-,28-/m0/s1. The maximum atomic E-state index is 11.5. The molecule has 0 N–H and O–H groups in total. The molecule has 0 saturated heterocycles. The summed E-state index contributed by atoms with van der Waals surface area (Å²) in [6, 6.07) is 2.19. The molecular formula is C28H37NO2. The molecule has 0 radical (unpaired) electrons. The molecule has 0 spiro atoms. The number of allylic oxidation sites excluding steroid dienone is 4. The number of hydrogen-bond donors (Lipinski definition) is 0. The van der Waals surface area contributed by atoms with Gasteiger partial charge in [0.25, 0.3) is 0 Å². The number of aromatic nitrogens is 1. The number of ether oxygens (including phenoxy) is 1. The van der Waals surface area contributed by atoms with Crippen LogP contribution in [0, 0.1) is 28.6 Å². The van der Waals surface area contributed by atoms with Gasteiger partial charge in [0.1, 0.15) is 6.10 Å². The number of carbonyl (C=O) groups excluding carboxylic acids is 1. The van der Waals surface area contributed by atoms with Crippen molar-refractivity contribution in [2.24, 2.45) is 28.6 Å². The molecule has 1 aromatic heterocycles. The molecule has 166 valence electrons. The molecule has 3 nitrogen and oxygen atoms in total. The number of carbonyl (C=O) groups is 1. The van der Waals surface area contributed by atoms with Crippen LogP contribution in [-0.2, 0) is 16.0 Å². The third kappa shape index (κ3) is 3.22. The average Bonchev–Trinajstić information content (AvgIpc) is 3.10. The van der Waals surface area contributed by atoms with Gasteiger partial charge in [0.05, 0.1) is 0 Å². The Labute approximate surface area is 187 Å². The monoisotopic (exact) mass is 419 g/mol. The van der Waals surface area contributed by atoms with Gasteiger partial charge in [-0.2, -0.15) is 0 Å². The van der Waals surface area contributed by atoms with Crippen molar-refractivity contribution in [2.45, 2.75) is 85.2 Å². The minimum atomic E-state index is -0.118. The topological polar surface area (TPSA) is 39.2 Å². The minimum absolute atomic E-state index is 0.118. The highest BCUT2D eigenvalue weighted by Gasteiger charge is 2.56. The molecule has 6 atom stereocenters. The highest BCUT2D eigenvalue weighted by atomic mass is 16.5. The fourth-order valence-corrected chi connectivity index (χ4v) is 7.92. The van der Waals surface area contributed by atoms with Crippen LogP contribution in [0.15, 0.2) is 36.2 Å². The summed E-state index contributed by atoms with van der Waals surface area (Å²) in [4.78, 5) is 16.0. The molecule has 1 aromatic rings. The first-order valence-electron chi connectivity index (χ1n) is 12.4. The molecule has 1 heterocycles. The van der Waals surface area contributed by atoms with Gasteiger partial charge in [0.2, 0.25) is 0 Å². The molecule has 0 bridgehead atoms. The highest BCUT2D eigenvalue weighted by molar-refractivity contribution is 5.79. The molecule has 3 heteroatoms. The number of nitrogens with zero attached hydrogens (tertiary/aromatic N) is 1. The SMILES string of the molecule is CCc1ccncc1C1=CC=C2[C@@H]3CCC4C[C@@H](OC(C)=O)CC[C@]4(C)[C@H]3CC[C@]12C. The van der Waals surface area contributed by atoms with Crippen LogP contribution < -0.4 is 0 Å². The molecule has 3 saturated carbocycles. The lowest BCUT2D eigenvalue weighted by Gasteiger charge is -2.59. The Morgan fingerprint density at radius 3 is 2.77 bits per heavy atom. The Kier molecular flexibility index (Phi) is 5.14. The van der Waals surface area contributed by atoms with Crippen LogP contribution in [0.4, 0.5) is 0 Å². The first kappa shape index (κ1) is 21.0. The largest absolute Gasteiger partial charge is 0.463 e. The summed E-state index contributed by atoms with van der Waals surface area (Å²) in [6.45, 7) is 8.85. The molecule has 4 aliphatic rings. The second-order valence-electron chi connectivity index (χ2n) is 11.0. The third-order valence-electron chi connectivity index (χ3n) is 9.57. The van der Waals surface area contributed by atoms with E-state index in [-0.39, 0.29) is 17.5 Å². The molecule has 1 unspecified atom stereocenters. The average molecular weight is 420 g/mol. The van der Waals surface area contributed by atoms with Crippen molar-refractivity contribution < 1.29 is 9.53 Å². The molecule has 0 aromatic carbocycles. The number of esters is 1. The molecule has 0 aliphatic heterocycles. The molecule has 0 amide bonds. The van der Waals surface area contributed by atoms with Crippen LogP contribution in [0.25, 0.3) is 5.57 Å². The van der Waals surface area contributed by atoms with Crippen molar-refractivity contribution in [1.29, 1.82) is 0 Å².